The van der Waals surface area contributed by atoms with E-state index in [2.05, 4.69) is 21.2 Å². The second-order valence-electron chi connectivity index (χ2n) is 4.46. The van der Waals surface area contributed by atoms with Gasteiger partial charge in [-0.1, -0.05) is 15.9 Å². The average molecular weight is 312 g/mol. The summed E-state index contributed by atoms with van der Waals surface area (Å²) in [4.78, 5) is 12.5. The molecule has 2 rings (SSSR count). The van der Waals surface area contributed by atoms with Crippen LogP contribution in [0, 0.1) is 5.92 Å². The van der Waals surface area contributed by atoms with Gasteiger partial charge >= 0.3 is 0 Å². The lowest BCUT2D eigenvalue weighted by Gasteiger charge is -2.22. The summed E-state index contributed by atoms with van der Waals surface area (Å²) < 4.78 is 6.47. The lowest BCUT2D eigenvalue weighted by Crippen LogP contribution is -2.32. The van der Waals surface area contributed by atoms with Crippen LogP contribution in [0.15, 0.2) is 22.7 Å². The SMILES string of the molecule is CCOc1ccc(Br)cc1C(=O)C1CCNCC1. The molecule has 3 nitrogen and oxygen atoms in total. The molecule has 1 aliphatic rings. The summed E-state index contributed by atoms with van der Waals surface area (Å²) in [7, 11) is 0. The highest BCUT2D eigenvalue weighted by Gasteiger charge is 2.24. The van der Waals surface area contributed by atoms with E-state index in [1.807, 2.05) is 25.1 Å². The standard InChI is InChI=1S/C14H18BrNO2/c1-2-18-13-4-3-11(15)9-12(13)14(17)10-5-7-16-8-6-10/h3-4,9-10,16H,2,5-8H2,1H3. The lowest BCUT2D eigenvalue weighted by atomic mass is 9.89. The van der Waals surface area contributed by atoms with Gasteiger partial charge in [-0.05, 0) is 51.1 Å². The van der Waals surface area contributed by atoms with Gasteiger partial charge in [-0.25, -0.2) is 0 Å². The van der Waals surface area contributed by atoms with Crippen molar-refractivity contribution in [3.8, 4) is 5.75 Å². The number of halogens is 1. The van der Waals surface area contributed by atoms with E-state index in [9.17, 15) is 4.79 Å². The predicted molar refractivity (Wildman–Crippen MR) is 75.2 cm³/mol. The highest BCUT2D eigenvalue weighted by molar-refractivity contribution is 9.10. The van der Waals surface area contributed by atoms with Gasteiger partial charge in [0.05, 0.1) is 12.2 Å². The quantitative estimate of drug-likeness (QED) is 0.869. The highest BCUT2D eigenvalue weighted by atomic mass is 79.9. The van der Waals surface area contributed by atoms with Crippen LogP contribution in [-0.2, 0) is 0 Å². The zero-order valence-electron chi connectivity index (χ0n) is 10.5. The maximum Gasteiger partial charge on any atom is 0.169 e. The van der Waals surface area contributed by atoms with E-state index in [0.717, 1.165) is 30.4 Å². The molecule has 0 spiro atoms. The first-order chi connectivity index (χ1) is 8.72. The van der Waals surface area contributed by atoms with E-state index in [1.165, 1.54) is 0 Å². The number of hydrogen-bond donors (Lipinski definition) is 1. The van der Waals surface area contributed by atoms with Crippen LogP contribution in [0.3, 0.4) is 0 Å². The molecule has 0 amide bonds. The molecule has 0 aliphatic carbocycles. The number of carbonyl (C=O) groups is 1. The molecule has 1 fully saturated rings. The van der Waals surface area contributed by atoms with Gasteiger partial charge in [0.25, 0.3) is 0 Å². The Morgan fingerprint density at radius 3 is 2.83 bits per heavy atom. The molecule has 0 aromatic heterocycles. The van der Waals surface area contributed by atoms with E-state index in [1.54, 1.807) is 0 Å². The van der Waals surface area contributed by atoms with Gasteiger partial charge in [0, 0.05) is 10.4 Å². The normalized spacial score (nSPS) is 16.6. The first-order valence-electron chi connectivity index (χ1n) is 6.39. The van der Waals surface area contributed by atoms with Gasteiger partial charge in [-0.3, -0.25) is 4.79 Å². The number of ketones is 1. The number of Topliss-reactive ketones (excluding diaryl/α,β-unsaturated/α-hetero) is 1. The number of hydrogen-bond acceptors (Lipinski definition) is 3. The molecule has 18 heavy (non-hydrogen) atoms. The summed E-state index contributed by atoms with van der Waals surface area (Å²) >= 11 is 3.42. The van der Waals surface area contributed by atoms with E-state index in [-0.39, 0.29) is 11.7 Å². The van der Waals surface area contributed by atoms with Crippen molar-refractivity contribution in [3.63, 3.8) is 0 Å². The van der Waals surface area contributed by atoms with Gasteiger partial charge in [0.15, 0.2) is 5.78 Å². The minimum Gasteiger partial charge on any atom is -0.493 e. The predicted octanol–water partition coefficient (Wildman–Crippen LogP) is 3.03. The molecule has 0 bridgehead atoms. The molecule has 0 unspecified atom stereocenters. The molecule has 1 aromatic carbocycles. The first-order valence-corrected chi connectivity index (χ1v) is 7.19. The van der Waals surface area contributed by atoms with E-state index in [0.29, 0.717) is 17.9 Å². The van der Waals surface area contributed by atoms with Crippen molar-refractivity contribution < 1.29 is 9.53 Å². The van der Waals surface area contributed by atoms with Crippen molar-refractivity contribution >= 4 is 21.7 Å². The molecule has 0 radical (unpaired) electrons. The van der Waals surface area contributed by atoms with E-state index in [4.69, 9.17) is 4.74 Å². The monoisotopic (exact) mass is 311 g/mol. The van der Waals surface area contributed by atoms with Crippen LogP contribution in [0.2, 0.25) is 0 Å². The van der Waals surface area contributed by atoms with Gasteiger partial charge < -0.3 is 10.1 Å². The topological polar surface area (TPSA) is 38.3 Å². The zero-order valence-corrected chi connectivity index (χ0v) is 12.1. The fourth-order valence-corrected chi connectivity index (χ4v) is 2.64. The van der Waals surface area contributed by atoms with Crippen molar-refractivity contribution in [3.05, 3.63) is 28.2 Å². The number of rotatable bonds is 4. The Hall–Kier alpha value is -0.870. The summed E-state index contributed by atoms with van der Waals surface area (Å²) in [5.74, 6) is 1.03. The minimum atomic E-state index is 0.125. The molecule has 4 heteroatoms. The second kappa shape index (κ2) is 6.34. The third-order valence-electron chi connectivity index (χ3n) is 3.22. The number of carbonyl (C=O) groups excluding carboxylic acids is 1. The minimum absolute atomic E-state index is 0.125. The van der Waals surface area contributed by atoms with Gasteiger partial charge in [-0.15, -0.1) is 0 Å². The molecular formula is C14H18BrNO2. The fourth-order valence-electron chi connectivity index (χ4n) is 2.28. The van der Waals surface area contributed by atoms with Crippen molar-refractivity contribution in [1.82, 2.24) is 5.32 Å². The van der Waals surface area contributed by atoms with Gasteiger partial charge in [-0.2, -0.15) is 0 Å². The van der Waals surface area contributed by atoms with Crippen LogP contribution in [0.1, 0.15) is 30.1 Å². The molecule has 1 aliphatic heterocycles. The summed E-state index contributed by atoms with van der Waals surface area (Å²) in [5, 5.41) is 3.28. The first kappa shape index (κ1) is 13.6. The maximum absolute atomic E-state index is 12.5. The molecule has 0 atom stereocenters. The van der Waals surface area contributed by atoms with E-state index < -0.39 is 0 Å². The second-order valence-corrected chi connectivity index (χ2v) is 5.38. The Kier molecular flexibility index (Phi) is 4.78. The molecule has 1 aromatic rings. The number of benzene rings is 1. The largest absolute Gasteiger partial charge is 0.493 e. The van der Waals surface area contributed by atoms with E-state index >= 15 is 0 Å². The maximum atomic E-state index is 12.5. The molecule has 0 saturated carbocycles. The Morgan fingerprint density at radius 2 is 2.17 bits per heavy atom. The van der Waals surface area contributed by atoms with Gasteiger partial charge in [0.2, 0.25) is 0 Å². The third-order valence-corrected chi connectivity index (χ3v) is 3.71. The smallest absolute Gasteiger partial charge is 0.169 e. The number of nitrogens with one attached hydrogen (secondary N) is 1. The lowest BCUT2D eigenvalue weighted by molar-refractivity contribution is 0.0891. The van der Waals surface area contributed by atoms with Crippen LogP contribution >= 0.6 is 15.9 Å². The summed E-state index contributed by atoms with van der Waals surface area (Å²) in [6.45, 7) is 4.36. The van der Waals surface area contributed by atoms with Crippen LogP contribution in [-0.4, -0.2) is 25.5 Å². The summed E-state index contributed by atoms with van der Waals surface area (Å²) in [6.07, 6.45) is 1.83. The Balaban J connectivity index is 2.24. The van der Waals surface area contributed by atoms with Crippen LogP contribution in [0.25, 0.3) is 0 Å². The van der Waals surface area contributed by atoms with Crippen molar-refractivity contribution in [2.24, 2.45) is 5.92 Å². The number of piperidine rings is 1. The Morgan fingerprint density at radius 1 is 1.44 bits per heavy atom. The molecule has 1 heterocycles. The Bertz CT molecular complexity index is 428. The van der Waals surface area contributed by atoms with Crippen molar-refractivity contribution in [2.45, 2.75) is 19.8 Å². The number of ether oxygens (including phenoxy) is 1. The van der Waals surface area contributed by atoms with Crippen LogP contribution in [0.5, 0.6) is 5.75 Å². The van der Waals surface area contributed by atoms with Crippen molar-refractivity contribution in [2.75, 3.05) is 19.7 Å². The molecule has 1 N–H and O–H groups in total. The summed E-state index contributed by atoms with van der Waals surface area (Å²) in [5.41, 5.74) is 0.707. The van der Waals surface area contributed by atoms with Gasteiger partial charge in [0.1, 0.15) is 5.75 Å². The molecule has 98 valence electrons. The Labute approximate surface area is 116 Å². The summed E-state index contributed by atoms with van der Waals surface area (Å²) in [6, 6.07) is 5.64. The average Bonchev–Trinajstić information content (AvgIpc) is 2.41. The van der Waals surface area contributed by atoms with Crippen LogP contribution < -0.4 is 10.1 Å². The third kappa shape index (κ3) is 3.12. The molecule has 1 saturated heterocycles. The van der Waals surface area contributed by atoms with Crippen molar-refractivity contribution in [1.29, 1.82) is 0 Å². The fraction of sp³-hybridized carbons (Fsp3) is 0.500. The highest BCUT2D eigenvalue weighted by Crippen LogP contribution is 2.28. The molecular weight excluding hydrogens is 294 g/mol. The van der Waals surface area contributed by atoms with Crippen LogP contribution in [0.4, 0.5) is 0 Å². The zero-order chi connectivity index (χ0) is 13.0.